The van der Waals surface area contributed by atoms with Crippen LogP contribution in [0.5, 0.6) is 0 Å². The maximum Gasteiger partial charge on any atom is 0.416 e. The number of ketones is 1. The highest BCUT2D eigenvalue weighted by Crippen LogP contribution is 2.33. The number of alkyl halides is 3. The largest absolute Gasteiger partial charge is 0.416 e. The Labute approximate surface area is 94.2 Å². The second-order valence-electron chi connectivity index (χ2n) is 3.48. The third-order valence-electron chi connectivity index (χ3n) is 2.05. The van der Waals surface area contributed by atoms with Gasteiger partial charge in [0, 0.05) is 18.1 Å². The number of nitro groups is 1. The molecule has 7 heteroatoms. The molecule has 0 aliphatic carbocycles. The molecule has 0 bridgehead atoms. The van der Waals surface area contributed by atoms with Crippen molar-refractivity contribution in [3.05, 3.63) is 39.4 Å². The van der Waals surface area contributed by atoms with Gasteiger partial charge in [-0.15, -0.1) is 0 Å². The number of nitro benzene ring substituents is 1. The van der Waals surface area contributed by atoms with Crippen molar-refractivity contribution in [3.8, 4) is 0 Å². The smallest absolute Gasteiger partial charge is 0.300 e. The Morgan fingerprint density at radius 3 is 2.41 bits per heavy atom. The zero-order valence-electron chi connectivity index (χ0n) is 8.75. The van der Waals surface area contributed by atoms with Crippen LogP contribution in [0.3, 0.4) is 0 Å². The predicted octanol–water partition coefficient (Wildman–Crippen LogP) is 2.75. The fourth-order valence-electron chi connectivity index (χ4n) is 1.33. The van der Waals surface area contributed by atoms with E-state index < -0.39 is 22.4 Å². The molecule has 0 amide bonds. The van der Waals surface area contributed by atoms with Gasteiger partial charge >= 0.3 is 6.18 Å². The minimum Gasteiger partial charge on any atom is -0.300 e. The Morgan fingerprint density at radius 1 is 1.41 bits per heavy atom. The zero-order chi connectivity index (χ0) is 13.2. The molecule has 92 valence electrons. The van der Waals surface area contributed by atoms with E-state index in [0.717, 1.165) is 12.1 Å². The molecule has 0 aromatic heterocycles. The molecule has 1 aromatic carbocycles. The standard InChI is InChI=1S/C10H8F3NO3/c1-6(15)4-7-2-3-8(10(11,12)13)5-9(7)14(16)17/h2-3,5H,4H2,1H3. The molecule has 17 heavy (non-hydrogen) atoms. The number of nitrogens with zero attached hydrogens (tertiary/aromatic N) is 1. The van der Waals surface area contributed by atoms with Gasteiger partial charge in [0.25, 0.3) is 5.69 Å². The third-order valence-corrected chi connectivity index (χ3v) is 2.05. The SMILES string of the molecule is CC(=O)Cc1ccc(C(F)(F)F)cc1[N+](=O)[O-]. The number of Topliss-reactive ketones (excluding diaryl/α,β-unsaturated/α-hetero) is 1. The molecule has 4 nitrogen and oxygen atoms in total. The van der Waals surface area contributed by atoms with Crippen molar-refractivity contribution in [2.24, 2.45) is 0 Å². The third kappa shape index (κ3) is 3.27. The summed E-state index contributed by atoms with van der Waals surface area (Å²) < 4.78 is 37.0. The fraction of sp³-hybridized carbons (Fsp3) is 0.300. The molecule has 0 fully saturated rings. The second kappa shape index (κ2) is 4.52. The van der Waals surface area contributed by atoms with Crippen LogP contribution in [0.1, 0.15) is 18.1 Å². The van der Waals surface area contributed by atoms with E-state index in [0.29, 0.717) is 6.07 Å². The first-order chi connectivity index (χ1) is 7.71. The van der Waals surface area contributed by atoms with Crippen molar-refractivity contribution in [2.45, 2.75) is 19.5 Å². The number of carbonyl (C=O) groups is 1. The minimum atomic E-state index is -4.64. The Balaban J connectivity index is 3.27. The van der Waals surface area contributed by atoms with E-state index in [1.54, 1.807) is 0 Å². The minimum absolute atomic E-state index is 0.0181. The van der Waals surface area contributed by atoms with E-state index in [4.69, 9.17) is 0 Å². The highest BCUT2D eigenvalue weighted by molar-refractivity contribution is 5.79. The van der Waals surface area contributed by atoms with Crippen LogP contribution in [0.4, 0.5) is 18.9 Å². The quantitative estimate of drug-likeness (QED) is 0.609. The summed E-state index contributed by atoms with van der Waals surface area (Å²) >= 11 is 0. The molecule has 1 aromatic rings. The van der Waals surface area contributed by atoms with Gasteiger partial charge in [0.1, 0.15) is 5.78 Å². The number of hydrogen-bond acceptors (Lipinski definition) is 3. The molecule has 0 atom stereocenters. The first-order valence-corrected chi connectivity index (χ1v) is 4.55. The molecular formula is C10H8F3NO3. The monoisotopic (exact) mass is 247 g/mol. The summed E-state index contributed by atoms with van der Waals surface area (Å²) in [5.41, 5.74) is -1.80. The van der Waals surface area contributed by atoms with Gasteiger partial charge in [-0.25, -0.2) is 0 Å². The first kappa shape index (κ1) is 13.1. The summed E-state index contributed by atoms with van der Waals surface area (Å²) in [6, 6.07) is 2.13. The van der Waals surface area contributed by atoms with Crippen LogP contribution in [0.2, 0.25) is 0 Å². The summed E-state index contributed by atoms with van der Waals surface area (Å²) in [4.78, 5) is 20.5. The molecular weight excluding hydrogens is 239 g/mol. The molecule has 0 aliphatic heterocycles. The van der Waals surface area contributed by atoms with Gasteiger partial charge in [0.15, 0.2) is 0 Å². The lowest BCUT2D eigenvalue weighted by Gasteiger charge is -2.07. The van der Waals surface area contributed by atoms with Crippen LogP contribution in [0, 0.1) is 10.1 Å². The van der Waals surface area contributed by atoms with Gasteiger partial charge in [0.2, 0.25) is 0 Å². The fourth-order valence-corrected chi connectivity index (χ4v) is 1.33. The normalized spacial score (nSPS) is 11.3. The Kier molecular flexibility index (Phi) is 3.50. The second-order valence-corrected chi connectivity index (χ2v) is 3.48. The highest BCUT2D eigenvalue weighted by Gasteiger charge is 2.32. The highest BCUT2D eigenvalue weighted by atomic mass is 19.4. The van der Waals surface area contributed by atoms with Crippen LogP contribution in [-0.4, -0.2) is 10.7 Å². The van der Waals surface area contributed by atoms with Crippen LogP contribution in [0.25, 0.3) is 0 Å². The van der Waals surface area contributed by atoms with Crippen molar-refractivity contribution in [3.63, 3.8) is 0 Å². The van der Waals surface area contributed by atoms with Gasteiger partial charge in [0.05, 0.1) is 10.5 Å². The van der Waals surface area contributed by atoms with Crippen molar-refractivity contribution < 1.29 is 22.9 Å². The average Bonchev–Trinajstić information content (AvgIpc) is 2.15. The van der Waals surface area contributed by atoms with Crippen LogP contribution < -0.4 is 0 Å². The van der Waals surface area contributed by atoms with Crippen LogP contribution >= 0.6 is 0 Å². The summed E-state index contributed by atoms with van der Waals surface area (Å²) in [5.74, 6) is -0.354. The molecule has 0 saturated carbocycles. The van der Waals surface area contributed by atoms with Gasteiger partial charge in [-0.2, -0.15) is 13.2 Å². The lowest BCUT2D eigenvalue weighted by atomic mass is 10.0. The maximum atomic E-state index is 12.3. The molecule has 0 aliphatic rings. The van der Waals surface area contributed by atoms with E-state index in [2.05, 4.69) is 0 Å². The van der Waals surface area contributed by atoms with Crippen molar-refractivity contribution in [1.82, 2.24) is 0 Å². The van der Waals surface area contributed by atoms with Crippen LogP contribution in [-0.2, 0) is 17.4 Å². The van der Waals surface area contributed by atoms with E-state index in [1.807, 2.05) is 0 Å². The van der Waals surface area contributed by atoms with Crippen molar-refractivity contribution in [1.29, 1.82) is 0 Å². The van der Waals surface area contributed by atoms with Gasteiger partial charge in [-0.1, -0.05) is 6.07 Å². The molecule has 0 radical (unpaired) electrons. The summed E-state index contributed by atoms with van der Waals surface area (Å²) in [5, 5.41) is 10.6. The van der Waals surface area contributed by atoms with Gasteiger partial charge in [-0.05, 0) is 13.0 Å². The van der Waals surface area contributed by atoms with Gasteiger partial charge in [-0.3, -0.25) is 14.9 Å². The lowest BCUT2D eigenvalue weighted by Crippen LogP contribution is -2.08. The molecule has 0 unspecified atom stereocenters. The van der Waals surface area contributed by atoms with Gasteiger partial charge < -0.3 is 0 Å². The summed E-state index contributed by atoms with van der Waals surface area (Å²) in [6.45, 7) is 1.21. The number of carbonyl (C=O) groups excluding carboxylic acids is 1. The zero-order valence-corrected chi connectivity index (χ0v) is 8.75. The maximum absolute atomic E-state index is 12.3. The summed E-state index contributed by atoms with van der Waals surface area (Å²) in [7, 11) is 0. The Bertz CT molecular complexity index is 468. The van der Waals surface area contributed by atoms with Crippen molar-refractivity contribution in [2.75, 3.05) is 0 Å². The topological polar surface area (TPSA) is 60.2 Å². The molecule has 1 rings (SSSR count). The van der Waals surface area contributed by atoms with E-state index >= 15 is 0 Å². The Morgan fingerprint density at radius 2 is 2.00 bits per heavy atom. The summed E-state index contributed by atoms with van der Waals surface area (Å²) in [6.07, 6.45) is -4.89. The molecule has 0 N–H and O–H groups in total. The number of halogens is 3. The van der Waals surface area contributed by atoms with Crippen LogP contribution in [0.15, 0.2) is 18.2 Å². The number of benzene rings is 1. The van der Waals surface area contributed by atoms with Crippen molar-refractivity contribution >= 4 is 11.5 Å². The Hall–Kier alpha value is -1.92. The molecule has 0 saturated heterocycles. The predicted molar refractivity (Wildman–Crippen MR) is 52.5 cm³/mol. The first-order valence-electron chi connectivity index (χ1n) is 4.55. The molecule has 0 spiro atoms. The van der Waals surface area contributed by atoms with E-state index in [-0.39, 0.29) is 17.8 Å². The van der Waals surface area contributed by atoms with E-state index in [9.17, 15) is 28.1 Å². The number of rotatable bonds is 3. The molecule has 0 heterocycles. The average molecular weight is 247 g/mol. The lowest BCUT2D eigenvalue weighted by molar-refractivity contribution is -0.385. The van der Waals surface area contributed by atoms with E-state index in [1.165, 1.54) is 6.92 Å². The number of hydrogen-bond donors (Lipinski definition) is 0.